The fourth-order valence-electron chi connectivity index (χ4n) is 4.25. The van der Waals surface area contributed by atoms with Crippen LogP contribution in [0.5, 0.6) is 0 Å². The van der Waals surface area contributed by atoms with Gasteiger partial charge in [-0.3, -0.25) is 4.79 Å². The van der Waals surface area contributed by atoms with Gasteiger partial charge in [-0.15, -0.1) is 0 Å². The van der Waals surface area contributed by atoms with E-state index in [4.69, 9.17) is 0 Å². The Kier molecular flexibility index (Phi) is 4.11. The van der Waals surface area contributed by atoms with Crippen molar-refractivity contribution in [3.63, 3.8) is 0 Å². The number of hydrogen-bond acceptors (Lipinski definition) is 3. The quantitative estimate of drug-likeness (QED) is 0.801. The molecule has 4 nitrogen and oxygen atoms in total. The summed E-state index contributed by atoms with van der Waals surface area (Å²) in [6.07, 6.45) is 4.26. The molecule has 4 rings (SSSR count). The normalized spacial score (nSPS) is 22.7. The summed E-state index contributed by atoms with van der Waals surface area (Å²) in [4.78, 5) is 16.6. The number of amides is 1. The summed E-state index contributed by atoms with van der Waals surface area (Å²) in [5.41, 5.74) is 3.81. The lowest BCUT2D eigenvalue weighted by atomic mass is 9.75. The Bertz CT molecular complexity index is 933. The van der Waals surface area contributed by atoms with Gasteiger partial charge in [0, 0.05) is 35.4 Å². The molecule has 2 aromatic rings. The second-order valence-corrected chi connectivity index (χ2v) is 8.92. The third-order valence-electron chi connectivity index (χ3n) is 5.86. The summed E-state index contributed by atoms with van der Waals surface area (Å²) in [5.74, 6) is 0.0595. The molecule has 0 aliphatic carbocycles. The molecule has 140 valence electrons. The second kappa shape index (κ2) is 6.13. The third-order valence-corrected chi connectivity index (χ3v) is 6.35. The highest BCUT2D eigenvalue weighted by molar-refractivity contribution is 9.10. The highest BCUT2D eigenvalue weighted by Crippen LogP contribution is 2.53. The van der Waals surface area contributed by atoms with Crippen LogP contribution in [0.15, 0.2) is 53.0 Å². The summed E-state index contributed by atoms with van der Waals surface area (Å²) < 4.78 is 1.06. The van der Waals surface area contributed by atoms with E-state index in [1.807, 2.05) is 20.2 Å². The number of benzene rings is 2. The Hall–Kier alpha value is -2.27. The number of halogens is 1. The largest absolute Gasteiger partial charge is 0.378 e. The van der Waals surface area contributed by atoms with Gasteiger partial charge in [0.2, 0.25) is 5.91 Å². The molecule has 0 aromatic heterocycles. The van der Waals surface area contributed by atoms with E-state index in [9.17, 15) is 4.79 Å². The smallest absolute Gasteiger partial charge is 0.241 e. The number of fused-ring (bicyclic) bond motifs is 3. The second-order valence-electron chi connectivity index (χ2n) is 8.01. The van der Waals surface area contributed by atoms with E-state index in [1.54, 1.807) is 0 Å². The van der Waals surface area contributed by atoms with Crippen LogP contribution in [0.4, 0.5) is 11.4 Å². The van der Waals surface area contributed by atoms with Crippen LogP contribution in [0, 0.1) is 0 Å². The minimum absolute atomic E-state index is 0.0595. The molecule has 2 aliphatic rings. The molecule has 5 heteroatoms. The van der Waals surface area contributed by atoms with Crippen LogP contribution < -0.4 is 15.1 Å². The standard InChI is InChI=1S/C22H24BrN3O/c1-21(2)18-13-16(23)7-10-19(18)26-14-20(27)24-22(21,26)12-11-15-5-8-17(9-6-15)25(3)4/h5-13H,14H2,1-4H3,(H,24,27). The fourth-order valence-corrected chi connectivity index (χ4v) is 4.61. The minimum Gasteiger partial charge on any atom is -0.378 e. The monoisotopic (exact) mass is 425 g/mol. The number of hydrogen-bond donors (Lipinski definition) is 1. The molecule has 27 heavy (non-hydrogen) atoms. The number of nitrogens with one attached hydrogen (secondary N) is 1. The first-order chi connectivity index (χ1) is 12.7. The zero-order chi connectivity index (χ0) is 19.4. The maximum absolute atomic E-state index is 12.4. The van der Waals surface area contributed by atoms with Crippen LogP contribution in [-0.4, -0.2) is 32.2 Å². The molecule has 1 fully saturated rings. The molecule has 2 heterocycles. The summed E-state index contributed by atoms with van der Waals surface area (Å²) >= 11 is 3.59. The van der Waals surface area contributed by atoms with Gasteiger partial charge in [0.25, 0.3) is 0 Å². The van der Waals surface area contributed by atoms with Crippen molar-refractivity contribution in [2.75, 3.05) is 30.4 Å². The van der Waals surface area contributed by atoms with E-state index in [1.165, 1.54) is 11.3 Å². The van der Waals surface area contributed by atoms with E-state index < -0.39 is 5.66 Å². The van der Waals surface area contributed by atoms with Crippen molar-refractivity contribution in [3.8, 4) is 0 Å². The maximum Gasteiger partial charge on any atom is 0.241 e. The summed E-state index contributed by atoms with van der Waals surface area (Å²) in [5, 5.41) is 3.26. The Labute approximate surface area is 169 Å². The molecule has 0 saturated carbocycles. The topological polar surface area (TPSA) is 35.6 Å². The van der Waals surface area contributed by atoms with Gasteiger partial charge in [0.1, 0.15) is 5.66 Å². The molecule has 1 atom stereocenters. The van der Waals surface area contributed by atoms with Crippen molar-refractivity contribution in [3.05, 3.63) is 64.1 Å². The Morgan fingerprint density at radius 2 is 1.85 bits per heavy atom. The van der Waals surface area contributed by atoms with Crippen molar-refractivity contribution in [2.24, 2.45) is 0 Å². The molecule has 2 aromatic carbocycles. The number of anilines is 2. The molecule has 0 spiro atoms. The van der Waals surface area contributed by atoms with Gasteiger partial charge in [-0.05, 0) is 47.5 Å². The van der Waals surface area contributed by atoms with Crippen molar-refractivity contribution < 1.29 is 4.79 Å². The predicted molar refractivity (Wildman–Crippen MR) is 115 cm³/mol. The van der Waals surface area contributed by atoms with Crippen molar-refractivity contribution in [1.82, 2.24) is 5.32 Å². The Balaban J connectivity index is 1.76. The van der Waals surface area contributed by atoms with Gasteiger partial charge in [0.15, 0.2) is 0 Å². The summed E-state index contributed by atoms with van der Waals surface area (Å²) in [6, 6.07) is 14.7. The predicted octanol–water partition coefficient (Wildman–Crippen LogP) is 4.15. The summed E-state index contributed by atoms with van der Waals surface area (Å²) in [7, 11) is 4.07. The van der Waals surface area contributed by atoms with Crippen molar-refractivity contribution in [1.29, 1.82) is 0 Å². The average molecular weight is 426 g/mol. The van der Waals surface area contributed by atoms with Gasteiger partial charge in [-0.1, -0.05) is 48.0 Å². The van der Waals surface area contributed by atoms with Gasteiger partial charge < -0.3 is 15.1 Å². The van der Waals surface area contributed by atoms with E-state index in [-0.39, 0.29) is 11.3 Å². The van der Waals surface area contributed by atoms with Crippen LogP contribution >= 0.6 is 15.9 Å². The molecular weight excluding hydrogens is 402 g/mol. The Morgan fingerprint density at radius 1 is 1.15 bits per heavy atom. The number of rotatable bonds is 3. The lowest BCUT2D eigenvalue weighted by Crippen LogP contribution is -2.58. The first-order valence-electron chi connectivity index (χ1n) is 9.10. The summed E-state index contributed by atoms with van der Waals surface area (Å²) in [6.45, 7) is 4.77. The molecule has 1 N–H and O–H groups in total. The van der Waals surface area contributed by atoms with Crippen LogP contribution in [-0.2, 0) is 10.2 Å². The van der Waals surface area contributed by atoms with Crippen LogP contribution in [0.25, 0.3) is 6.08 Å². The molecule has 1 unspecified atom stereocenters. The van der Waals surface area contributed by atoms with Gasteiger partial charge in [-0.2, -0.15) is 0 Å². The van der Waals surface area contributed by atoms with Crippen LogP contribution in [0.3, 0.4) is 0 Å². The zero-order valence-electron chi connectivity index (χ0n) is 16.1. The Morgan fingerprint density at radius 3 is 2.52 bits per heavy atom. The van der Waals surface area contributed by atoms with E-state index in [0.717, 1.165) is 15.7 Å². The van der Waals surface area contributed by atoms with Crippen LogP contribution in [0.2, 0.25) is 0 Å². The lowest BCUT2D eigenvalue weighted by molar-refractivity contribution is -0.118. The molecule has 2 aliphatic heterocycles. The van der Waals surface area contributed by atoms with E-state index >= 15 is 0 Å². The molecule has 0 radical (unpaired) electrons. The van der Waals surface area contributed by atoms with E-state index in [0.29, 0.717) is 6.54 Å². The lowest BCUT2D eigenvalue weighted by Gasteiger charge is -2.40. The van der Waals surface area contributed by atoms with Crippen molar-refractivity contribution >= 4 is 39.3 Å². The van der Waals surface area contributed by atoms with Gasteiger partial charge in [0.05, 0.1) is 6.54 Å². The zero-order valence-corrected chi connectivity index (χ0v) is 17.7. The number of carbonyl (C=O) groups excluding carboxylic acids is 1. The van der Waals surface area contributed by atoms with Crippen molar-refractivity contribution in [2.45, 2.75) is 24.9 Å². The SMILES string of the molecule is CN(C)c1ccc(C=CC23NC(=O)CN2c2ccc(Br)cc2C3(C)C)cc1. The number of nitrogens with zero attached hydrogens (tertiary/aromatic N) is 2. The van der Waals surface area contributed by atoms with E-state index in [2.05, 4.69) is 93.4 Å². The third kappa shape index (κ3) is 2.67. The number of carbonyl (C=O) groups is 1. The van der Waals surface area contributed by atoms with Gasteiger partial charge >= 0.3 is 0 Å². The molecule has 1 amide bonds. The highest BCUT2D eigenvalue weighted by Gasteiger charge is 2.59. The molecule has 1 saturated heterocycles. The first kappa shape index (κ1) is 18.1. The first-order valence-corrected chi connectivity index (χ1v) is 9.89. The average Bonchev–Trinajstić information content (AvgIpc) is 3.05. The van der Waals surface area contributed by atoms with Crippen LogP contribution in [0.1, 0.15) is 25.0 Å². The fraction of sp³-hybridized carbons (Fsp3) is 0.318. The molecule has 0 bridgehead atoms. The maximum atomic E-state index is 12.4. The molecular formula is C22H24BrN3O. The van der Waals surface area contributed by atoms with Gasteiger partial charge in [-0.25, -0.2) is 0 Å². The highest BCUT2D eigenvalue weighted by atomic mass is 79.9. The minimum atomic E-state index is -0.562.